The molecule has 0 aromatic heterocycles. The highest BCUT2D eigenvalue weighted by molar-refractivity contribution is 5.86. The van der Waals surface area contributed by atoms with Crippen LogP contribution in [0.4, 0.5) is 0 Å². The molecular formula is C18H33N3O. The monoisotopic (exact) mass is 307 g/mol. The van der Waals surface area contributed by atoms with Gasteiger partial charge in [0.2, 0.25) is 5.91 Å². The van der Waals surface area contributed by atoms with Crippen molar-refractivity contribution in [3.05, 3.63) is 0 Å². The van der Waals surface area contributed by atoms with Crippen LogP contribution in [0.1, 0.15) is 77.0 Å². The van der Waals surface area contributed by atoms with Crippen molar-refractivity contribution >= 4 is 5.91 Å². The Kier molecular flexibility index (Phi) is 5.08. The zero-order valence-electron chi connectivity index (χ0n) is 14.0. The average molecular weight is 307 g/mol. The number of hydrogen-bond donors (Lipinski definition) is 2. The first-order valence-corrected chi connectivity index (χ1v) is 9.47. The fraction of sp³-hybridized carbons (Fsp3) is 0.944. The Morgan fingerprint density at radius 2 is 1.41 bits per heavy atom. The Morgan fingerprint density at radius 3 is 2.05 bits per heavy atom. The molecule has 2 aliphatic carbocycles. The summed E-state index contributed by atoms with van der Waals surface area (Å²) in [6.07, 6.45) is 14.4. The summed E-state index contributed by atoms with van der Waals surface area (Å²) in [5, 5.41) is 3.27. The second-order valence-corrected chi connectivity index (χ2v) is 7.88. The molecule has 4 heteroatoms. The second-order valence-electron chi connectivity index (χ2n) is 7.88. The maximum Gasteiger partial charge on any atom is 0.240 e. The van der Waals surface area contributed by atoms with E-state index in [2.05, 4.69) is 10.2 Å². The number of likely N-dealkylation sites (tertiary alicyclic amines) is 1. The maximum absolute atomic E-state index is 12.6. The average Bonchev–Trinajstić information content (AvgIpc) is 3.02. The van der Waals surface area contributed by atoms with E-state index < -0.39 is 5.54 Å². The lowest BCUT2D eigenvalue weighted by atomic mass is 9.79. The molecule has 22 heavy (non-hydrogen) atoms. The molecular weight excluding hydrogens is 274 g/mol. The highest BCUT2D eigenvalue weighted by atomic mass is 16.2. The van der Waals surface area contributed by atoms with Crippen molar-refractivity contribution in [2.45, 2.75) is 88.1 Å². The number of nitrogens with zero attached hydrogens (tertiary/aromatic N) is 1. The van der Waals surface area contributed by atoms with E-state index in [0.717, 1.165) is 32.2 Å². The topological polar surface area (TPSA) is 58.4 Å². The van der Waals surface area contributed by atoms with Crippen molar-refractivity contribution in [2.24, 2.45) is 5.73 Å². The molecule has 3 fully saturated rings. The minimum absolute atomic E-state index is 0.104. The van der Waals surface area contributed by atoms with Crippen LogP contribution in [0.5, 0.6) is 0 Å². The molecule has 0 radical (unpaired) electrons. The molecule has 0 bridgehead atoms. The molecule has 3 N–H and O–H groups in total. The lowest BCUT2D eigenvalue weighted by Crippen LogP contribution is -2.61. The normalized spacial score (nSPS) is 28.4. The van der Waals surface area contributed by atoms with E-state index in [0.29, 0.717) is 0 Å². The van der Waals surface area contributed by atoms with Gasteiger partial charge in [-0.1, -0.05) is 38.5 Å². The van der Waals surface area contributed by atoms with Crippen molar-refractivity contribution in [2.75, 3.05) is 19.6 Å². The molecule has 126 valence electrons. The van der Waals surface area contributed by atoms with Gasteiger partial charge in [-0.05, 0) is 51.6 Å². The van der Waals surface area contributed by atoms with Gasteiger partial charge in [0.05, 0.1) is 5.54 Å². The first-order valence-electron chi connectivity index (χ1n) is 9.47. The van der Waals surface area contributed by atoms with E-state index >= 15 is 0 Å². The van der Waals surface area contributed by atoms with Crippen LogP contribution in [0, 0.1) is 0 Å². The Morgan fingerprint density at radius 1 is 0.864 bits per heavy atom. The highest BCUT2D eigenvalue weighted by Gasteiger charge is 2.41. The molecule has 0 atom stereocenters. The summed E-state index contributed by atoms with van der Waals surface area (Å²) in [5.41, 5.74) is 5.94. The molecule has 1 aliphatic heterocycles. The molecule has 4 nitrogen and oxygen atoms in total. The van der Waals surface area contributed by atoms with Crippen LogP contribution < -0.4 is 11.1 Å². The van der Waals surface area contributed by atoms with Gasteiger partial charge in [-0.3, -0.25) is 9.69 Å². The van der Waals surface area contributed by atoms with Gasteiger partial charge in [0, 0.05) is 12.1 Å². The Hall–Kier alpha value is -0.610. The zero-order valence-corrected chi connectivity index (χ0v) is 14.0. The van der Waals surface area contributed by atoms with Crippen molar-refractivity contribution in [1.82, 2.24) is 10.2 Å². The summed E-state index contributed by atoms with van der Waals surface area (Å²) in [7, 11) is 0. The summed E-state index contributed by atoms with van der Waals surface area (Å²) in [6.45, 7) is 3.23. The van der Waals surface area contributed by atoms with Crippen LogP contribution in [0.2, 0.25) is 0 Å². The van der Waals surface area contributed by atoms with Gasteiger partial charge in [0.25, 0.3) is 0 Å². The van der Waals surface area contributed by atoms with E-state index in [4.69, 9.17) is 5.73 Å². The third-order valence-corrected chi connectivity index (χ3v) is 6.34. The van der Waals surface area contributed by atoms with Crippen molar-refractivity contribution < 1.29 is 4.79 Å². The van der Waals surface area contributed by atoms with Gasteiger partial charge in [0.15, 0.2) is 0 Å². The highest BCUT2D eigenvalue weighted by Crippen LogP contribution is 2.35. The zero-order chi connectivity index (χ0) is 15.5. The largest absolute Gasteiger partial charge is 0.353 e. The van der Waals surface area contributed by atoms with E-state index in [1.807, 2.05) is 0 Å². The summed E-state index contributed by atoms with van der Waals surface area (Å²) in [4.78, 5) is 15.3. The van der Waals surface area contributed by atoms with Crippen molar-refractivity contribution in [3.8, 4) is 0 Å². The van der Waals surface area contributed by atoms with Gasteiger partial charge in [-0.15, -0.1) is 0 Å². The fourth-order valence-electron chi connectivity index (χ4n) is 4.84. The lowest BCUT2D eigenvalue weighted by Gasteiger charge is -2.48. The number of carbonyl (C=O) groups excluding carboxylic acids is 1. The standard InChI is InChI=1S/C18H33N3O/c19-18(11-5-6-12-18)16(22)20-15-17(9-3-1-4-10-17)21-13-7-2-8-14-21/h1-15,19H2,(H,20,22). The van der Waals surface area contributed by atoms with Crippen LogP contribution in [0.15, 0.2) is 0 Å². The van der Waals surface area contributed by atoms with Gasteiger partial charge < -0.3 is 11.1 Å². The van der Waals surface area contributed by atoms with Gasteiger partial charge in [-0.2, -0.15) is 0 Å². The van der Waals surface area contributed by atoms with E-state index in [1.54, 1.807) is 0 Å². The summed E-state index contributed by atoms with van der Waals surface area (Å²) >= 11 is 0. The number of nitrogens with two attached hydrogens (primary N) is 1. The number of rotatable bonds is 4. The third kappa shape index (κ3) is 3.33. The Bertz CT molecular complexity index is 378. The maximum atomic E-state index is 12.6. The number of piperidine rings is 1. The number of nitrogens with one attached hydrogen (secondary N) is 1. The predicted molar refractivity (Wildman–Crippen MR) is 89.6 cm³/mol. The van der Waals surface area contributed by atoms with Gasteiger partial charge in [0.1, 0.15) is 0 Å². The van der Waals surface area contributed by atoms with E-state index in [-0.39, 0.29) is 11.4 Å². The SMILES string of the molecule is NC1(C(=O)NCC2(N3CCCCC3)CCCCC2)CCCC1. The van der Waals surface area contributed by atoms with Crippen LogP contribution in [-0.4, -0.2) is 41.5 Å². The molecule has 3 aliphatic rings. The van der Waals surface area contributed by atoms with Crippen LogP contribution in [-0.2, 0) is 4.79 Å². The number of hydrogen-bond acceptors (Lipinski definition) is 3. The van der Waals surface area contributed by atoms with E-state index in [1.165, 1.54) is 64.5 Å². The lowest BCUT2D eigenvalue weighted by molar-refractivity contribution is -0.127. The first-order chi connectivity index (χ1) is 10.6. The molecule has 1 amide bonds. The quantitative estimate of drug-likeness (QED) is 0.839. The molecule has 0 aromatic rings. The third-order valence-electron chi connectivity index (χ3n) is 6.34. The Balaban J connectivity index is 1.63. The molecule has 0 unspecified atom stereocenters. The van der Waals surface area contributed by atoms with Crippen molar-refractivity contribution in [3.63, 3.8) is 0 Å². The summed E-state index contributed by atoms with van der Waals surface area (Å²) < 4.78 is 0. The predicted octanol–water partition coefficient (Wildman–Crippen LogP) is 2.56. The molecule has 1 heterocycles. The molecule has 0 spiro atoms. The van der Waals surface area contributed by atoms with Crippen LogP contribution in [0.3, 0.4) is 0 Å². The minimum Gasteiger partial charge on any atom is -0.353 e. The summed E-state index contributed by atoms with van der Waals surface area (Å²) in [6, 6.07) is 0. The summed E-state index contributed by atoms with van der Waals surface area (Å²) in [5.74, 6) is 0.104. The smallest absolute Gasteiger partial charge is 0.240 e. The Labute approximate surface area is 135 Å². The minimum atomic E-state index is -0.586. The van der Waals surface area contributed by atoms with E-state index in [9.17, 15) is 4.79 Å². The molecule has 2 saturated carbocycles. The van der Waals surface area contributed by atoms with Crippen LogP contribution >= 0.6 is 0 Å². The fourth-order valence-corrected chi connectivity index (χ4v) is 4.84. The first kappa shape index (κ1) is 16.3. The van der Waals surface area contributed by atoms with Crippen LogP contribution in [0.25, 0.3) is 0 Å². The number of carbonyl (C=O) groups is 1. The number of amides is 1. The molecule has 1 saturated heterocycles. The molecule has 3 rings (SSSR count). The van der Waals surface area contributed by atoms with Gasteiger partial charge in [-0.25, -0.2) is 0 Å². The second kappa shape index (κ2) is 6.88. The van der Waals surface area contributed by atoms with Gasteiger partial charge >= 0.3 is 0 Å². The van der Waals surface area contributed by atoms with Crippen molar-refractivity contribution in [1.29, 1.82) is 0 Å². The molecule has 0 aromatic carbocycles.